The second kappa shape index (κ2) is 5.90. The van der Waals surface area contributed by atoms with Crippen LogP contribution >= 0.6 is 0 Å². The van der Waals surface area contributed by atoms with Crippen LogP contribution in [0.25, 0.3) is 0 Å². The number of rotatable bonds is 4. The molecule has 1 amide bonds. The van der Waals surface area contributed by atoms with Crippen molar-refractivity contribution in [2.75, 3.05) is 6.54 Å². The van der Waals surface area contributed by atoms with Crippen molar-refractivity contribution in [3.8, 4) is 18.1 Å². The van der Waals surface area contributed by atoms with Crippen LogP contribution in [0.1, 0.15) is 12.5 Å². The van der Waals surface area contributed by atoms with E-state index in [1.165, 1.54) is 6.07 Å². The van der Waals surface area contributed by atoms with Crippen molar-refractivity contribution in [3.63, 3.8) is 0 Å². The van der Waals surface area contributed by atoms with E-state index in [0.29, 0.717) is 11.3 Å². The fourth-order valence-electron chi connectivity index (χ4n) is 1.19. The molecule has 4 heteroatoms. The van der Waals surface area contributed by atoms with Crippen molar-refractivity contribution in [2.45, 2.75) is 20.0 Å². The summed E-state index contributed by atoms with van der Waals surface area (Å²) in [5.74, 6) is 1.91. The van der Waals surface area contributed by atoms with E-state index in [4.69, 9.17) is 11.2 Å². The zero-order valence-corrected chi connectivity index (χ0v) is 9.79. The van der Waals surface area contributed by atoms with Crippen LogP contribution in [0, 0.1) is 25.1 Å². The number of ether oxygens (including phenoxy) is 1. The van der Waals surface area contributed by atoms with E-state index in [9.17, 15) is 9.18 Å². The molecule has 17 heavy (non-hydrogen) atoms. The van der Waals surface area contributed by atoms with E-state index >= 15 is 0 Å². The maximum Gasteiger partial charge on any atom is 0.261 e. The molecule has 0 radical (unpaired) electrons. The molecule has 0 saturated carbocycles. The van der Waals surface area contributed by atoms with Crippen molar-refractivity contribution in [2.24, 2.45) is 0 Å². The highest BCUT2D eigenvalue weighted by atomic mass is 19.1. The summed E-state index contributed by atoms with van der Waals surface area (Å²) < 4.78 is 18.5. The summed E-state index contributed by atoms with van der Waals surface area (Å²) in [5, 5.41) is 2.48. The fourth-order valence-corrected chi connectivity index (χ4v) is 1.19. The van der Waals surface area contributed by atoms with E-state index in [0.717, 1.165) is 0 Å². The van der Waals surface area contributed by atoms with Crippen LogP contribution < -0.4 is 10.1 Å². The smallest absolute Gasteiger partial charge is 0.261 e. The van der Waals surface area contributed by atoms with Gasteiger partial charge in [-0.25, -0.2) is 4.39 Å². The van der Waals surface area contributed by atoms with Crippen molar-refractivity contribution in [3.05, 3.63) is 29.6 Å². The first kappa shape index (κ1) is 13.0. The summed E-state index contributed by atoms with van der Waals surface area (Å²) in [7, 11) is 0. The van der Waals surface area contributed by atoms with Gasteiger partial charge in [-0.15, -0.1) is 6.42 Å². The molecule has 0 bridgehead atoms. The van der Waals surface area contributed by atoms with Gasteiger partial charge >= 0.3 is 0 Å². The Morgan fingerprint density at radius 2 is 2.35 bits per heavy atom. The Kier molecular flexibility index (Phi) is 4.53. The SMILES string of the molecule is C#CCNC(=O)[C@@H](C)Oc1ccc(C)c(F)c1. The van der Waals surface area contributed by atoms with E-state index in [2.05, 4.69) is 11.2 Å². The molecule has 0 aromatic heterocycles. The van der Waals surface area contributed by atoms with Gasteiger partial charge in [0.1, 0.15) is 11.6 Å². The lowest BCUT2D eigenvalue weighted by atomic mass is 10.2. The molecule has 0 saturated heterocycles. The van der Waals surface area contributed by atoms with Gasteiger partial charge in [-0.1, -0.05) is 12.0 Å². The second-order valence-corrected chi connectivity index (χ2v) is 3.59. The highest BCUT2D eigenvalue weighted by molar-refractivity contribution is 5.80. The average molecular weight is 235 g/mol. The number of nitrogens with one attached hydrogen (secondary N) is 1. The van der Waals surface area contributed by atoms with Crippen LogP contribution in [0.15, 0.2) is 18.2 Å². The third kappa shape index (κ3) is 3.80. The standard InChI is InChI=1S/C13H14FNO2/c1-4-7-15-13(16)10(3)17-11-6-5-9(2)12(14)8-11/h1,5-6,8,10H,7H2,2-3H3,(H,15,16)/t10-/m1/s1. The van der Waals surface area contributed by atoms with Gasteiger partial charge < -0.3 is 10.1 Å². The Bertz CT molecular complexity index is 451. The first-order chi connectivity index (χ1) is 8.04. The summed E-state index contributed by atoms with van der Waals surface area (Å²) in [6.07, 6.45) is 4.29. The van der Waals surface area contributed by atoms with Gasteiger partial charge in [-0.3, -0.25) is 4.79 Å². The number of carbonyl (C=O) groups excluding carboxylic acids is 1. The van der Waals surface area contributed by atoms with Gasteiger partial charge in [-0.05, 0) is 25.5 Å². The molecule has 1 N–H and O–H groups in total. The number of hydrogen-bond acceptors (Lipinski definition) is 2. The highest BCUT2D eigenvalue weighted by Gasteiger charge is 2.14. The first-order valence-electron chi connectivity index (χ1n) is 5.18. The van der Waals surface area contributed by atoms with Gasteiger partial charge in [0.05, 0.1) is 6.54 Å². The Labute approximate surface area is 100.0 Å². The van der Waals surface area contributed by atoms with Crippen LogP contribution in [0.3, 0.4) is 0 Å². The molecule has 0 unspecified atom stereocenters. The second-order valence-electron chi connectivity index (χ2n) is 3.59. The molecular formula is C13H14FNO2. The Morgan fingerprint density at radius 3 is 2.94 bits per heavy atom. The lowest BCUT2D eigenvalue weighted by Crippen LogP contribution is -2.36. The zero-order chi connectivity index (χ0) is 12.8. The molecular weight excluding hydrogens is 221 g/mol. The lowest BCUT2D eigenvalue weighted by Gasteiger charge is -2.14. The number of benzene rings is 1. The number of terminal acetylenes is 1. The zero-order valence-electron chi connectivity index (χ0n) is 9.79. The predicted molar refractivity (Wildman–Crippen MR) is 63.1 cm³/mol. The molecule has 1 aromatic rings. The van der Waals surface area contributed by atoms with Crippen LogP contribution in [0.5, 0.6) is 5.75 Å². The molecule has 1 rings (SSSR count). The van der Waals surface area contributed by atoms with Gasteiger partial charge in [0.2, 0.25) is 0 Å². The third-order valence-electron chi connectivity index (χ3n) is 2.19. The quantitative estimate of drug-likeness (QED) is 0.806. The van der Waals surface area contributed by atoms with Gasteiger partial charge in [0.15, 0.2) is 6.10 Å². The maximum atomic E-state index is 13.2. The number of halogens is 1. The number of amides is 1. The van der Waals surface area contributed by atoms with Gasteiger partial charge in [0.25, 0.3) is 5.91 Å². The van der Waals surface area contributed by atoms with Crippen molar-refractivity contribution >= 4 is 5.91 Å². The Balaban J connectivity index is 2.62. The summed E-state index contributed by atoms with van der Waals surface area (Å²) >= 11 is 0. The van der Waals surface area contributed by atoms with Crippen LogP contribution in [-0.2, 0) is 4.79 Å². The van der Waals surface area contributed by atoms with Crippen molar-refractivity contribution in [1.82, 2.24) is 5.32 Å². The maximum absolute atomic E-state index is 13.2. The fraction of sp³-hybridized carbons (Fsp3) is 0.308. The Hall–Kier alpha value is -2.02. The van der Waals surface area contributed by atoms with Crippen molar-refractivity contribution < 1.29 is 13.9 Å². The predicted octanol–water partition coefficient (Wildman–Crippen LogP) is 1.65. The van der Waals surface area contributed by atoms with Gasteiger partial charge in [0, 0.05) is 6.07 Å². The van der Waals surface area contributed by atoms with Crippen LogP contribution in [0.2, 0.25) is 0 Å². The largest absolute Gasteiger partial charge is 0.481 e. The van der Waals surface area contributed by atoms with Crippen LogP contribution in [-0.4, -0.2) is 18.6 Å². The summed E-state index contributed by atoms with van der Waals surface area (Å²) in [6, 6.07) is 4.46. The first-order valence-corrected chi connectivity index (χ1v) is 5.18. The molecule has 0 fully saturated rings. The minimum atomic E-state index is -0.717. The van der Waals surface area contributed by atoms with Gasteiger partial charge in [-0.2, -0.15) is 0 Å². The lowest BCUT2D eigenvalue weighted by molar-refractivity contribution is -0.127. The topological polar surface area (TPSA) is 38.3 Å². The Morgan fingerprint density at radius 1 is 1.65 bits per heavy atom. The summed E-state index contributed by atoms with van der Waals surface area (Å²) in [4.78, 5) is 11.4. The molecule has 0 heterocycles. The number of aryl methyl sites for hydroxylation is 1. The summed E-state index contributed by atoms with van der Waals surface area (Å²) in [6.45, 7) is 3.38. The molecule has 90 valence electrons. The molecule has 1 aromatic carbocycles. The van der Waals surface area contributed by atoms with Crippen molar-refractivity contribution in [1.29, 1.82) is 0 Å². The molecule has 0 aliphatic carbocycles. The third-order valence-corrected chi connectivity index (χ3v) is 2.19. The number of hydrogen-bond donors (Lipinski definition) is 1. The minimum absolute atomic E-state index is 0.148. The average Bonchev–Trinajstić information content (AvgIpc) is 2.30. The number of carbonyl (C=O) groups is 1. The van der Waals surface area contributed by atoms with E-state index in [-0.39, 0.29) is 18.3 Å². The van der Waals surface area contributed by atoms with E-state index < -0.39 is 6.10 Å². The minimum Gasteiger partial charge on any atom is -0.481 e. The van der Waals surface area contributed by atoms with Crippen LogP contribution in [0.4, 0.5) is 4.39 Å². The monoisotopic (exact) mass is 235 g/mol. The molecule has 0 aliphatic rings. The normalized spacial score (nSPS) is 11.4. The molecule has 0 aliphatic heterocycles. The summed E-state index contributed by atoms with van der Waals surface area (Å²) in [5.41, 5.74) is 0.529. The highest BCUT2D eigenvalue weighted by Crippen LogP contribution is 2.17. The molecule has 1 atom stereocenters. The molecule has 0 spiro atoms. The molecule has 3 nitrogen and oxygen atoms in total. The van der Waals surface area contributed by atoms with E-state index in [1.807, 2.05) is 0 Å². The van der Waals surface area contributed by atoms with E-state index in [1.54, 1.807) is 26.0 Å².